The van der Waals surface area contributed by atoms with Crippen molar-refractivity contribution in [3.8, 4) is 0 Å². The average Bonchev–Trinajstić information content (AvgIpc) is 2.57. The van der Waals surface area contributed by atoms with E-state index in [2.05, 4.69) is 34.1 Å². The van der Waals surface area contributed by atoms with E-state index in [9.17, 15) is 4.79 Å². The van der Waals surface area contributed by atoms with Gasteiger partial charge in [-0.25, -0.2) is 0 Å². The number of hydrogen-bond acceptors (Lipinski definition) is 3. The molecule has 0 aliphatic carbocycles. The van der Waals surface area contributed by atoms with Gasteiger partial charge in [0.15, 0.2) is 5.78 Å². The van der Waals surface area contributed by atoms with Gasteiger partial charge in [-0.15, -0.1) is 0 Å². The fourth-order valence-corrected chi connectivity index (χ4v) is 2.92. The van der Waals surface area contributed by atoms with Gasteiger partial charge in [0.2, 0.25) is 0 Å². The Labute approximate surface area is 131 Å². The topological polar surface area (TPSA) is 37.6 Å². The highest BCUT2D eigenvalue weighted by atomic mass is 16.1. The van der Waals surface area contributed by atoms with Gasteiger partial charge in [-0.2, -0.15) is 0 Å². The van der Waals surface area contributed by atoms with E-state index in [1.807, 2.05) is 24.4 Å². The number of quaternary nitrogens is 1. The number of anilines is 1. The second kappa shape index (κ2) is 6.71. The number of hydrogen-bond donors (Lipinski definition) is 1. The maximum atomic E-state index is 11.3. The molecule has 0 spiro atoms. The van der Waals surface area contributed by atoms with Crippen LogP contribution in [0.3, 0.4) is 0 Å². The Morgan fingerprint density at radius 1 is 1.14 bits per heavy atom. The van der Waals surface area contributed by atoms with Gasteiger partial charge in [-0.1, -0.05) is 6.07 Å². The molecule has 0 atom stereocenters. The van der Waals surface area contributed by atoms with Crippen molar-refractivity contribution in [1.29, 1.82) is 0 Å². The molecule has 1 N–H and O–H groups in total. The van der Waals surface area contributed by atoms with E-state index in [1.54, 1.807) is 11.8 Å². The largest absolute Gasteiger partial charge is 0.360 e. The first-order chi connectivity index (χ1) is 10.7. The molecule has 2 heterocycles. The van der Waals surface area contributed by atoms with Crippen molar-refractivity contribution in [2.24, 2.45) is 0 Å². The monoisotopic (exact) mass is 296 g/mol. The molecular formula is C18H22N3O+. The summed E-state index contributed by atoms with van der Waals surface area (Å²) >= 11 is 0. The van der Waals surface area contributed by atoms with E-state index in [0.717, 1.165) is 44.0 Å². The van der Waals surface area contributed by atoms with E-state index in [0.29, 0.717) is 0 Å². The van der Waals surface area contributed by atoms with Crippen LogP contribution in [-0.2, 0) is 6.54 Å². The molecule has 1 aliphatic heterocycles. The van der Waals surface area contributed by atoms with Crippen molar-refractivity contribution in [2.75, 3.05) is 31.1 Å². The zero-order valence-electron chi connectivity index (χ0n) is 13.0. The lowest BCUT2D eigenvalue weighted by Gasteiger charge is -2.33. The number of aromatic nitrogens is 1. The van der Waals surface area contributed by atoms with E-state index in [1.165, 1.54) is 5.69 Å². The van der Waals surface area contributed by atoms with Gasteiger partial charge < -0.3 is 9.80 Å². The molecule has 3 rings (SSSR count). The van der Waals surface area contributed by atoms with Crippen LogP contribution < -0.4 is 9.80 Å². The summed E-state index contributed by atoms with van der Waals surface area (Å²) in [6.07, 6.45) is 1.86. The Kier molecular flexibility index (Phi) is 4.49. The highest BCUT2D eigenvalue weighted by molar-refractivity contribution is 5.94. The van der Waals surface area contributed by atoms with Gasteiger partial charge in [0.05, 0.1) is 31.9 Å². The molecule has 1 saturated heterocycles. The van der Waals surface area contributed by atoms with E-state index in [4.69, 9.17) is 0 Å². The summed E-state index contributed by atoms with van der Waals surface area (Å²) < 4.78 is 0. The lowest BCUT2D eigenvalue weighted by atomic mass is 10.1. The lowest BCUT2D eigenvalue weighted by Crippen LogP contribution is -3.13. The van der Waals surface area contributed by atoms with Crippen molar-refractivity contribution >= 4 is 11.5 Å². The zero-order valence-corrected chi connectivity index (χ0v) is 13.0. The smallest absolute Gasteiger partial charge is 0.159 e. The second-order valence-corrected chi connectivity index (χ2v) is 5.84. The van der Waals surface area contributed by atoms with E-state index < -0.39 is 0 Å². The van der Waals surface area contributed by atoms with Crippen LogP contribution in [0.4, 0.5) is 5.69 Å². The molecule has 1 fully saturated rings. The number of Topliss-reactive ketones (excluding diaryl/α,β-unsaturated/α-hetero) is 1. The molecule has 0 bridgehead atoms. The minimum atomic E-state index is 0.121. The normalized spacial score (nSPS) is 15.8. The van der Waals surface area contributed by atoms with Crippen molar-refractivity contribution in [1.82, 2.24) is 4.98 Å². The van der Waals surface area contributed by atoms with Gasteiger partial charge in [0.1, 0.15) is 6.54 Å². The number of carbonyl (C=O) groups excluding carboxylic acids is 1. The van der Waals surface area contributed by atoms with Gasteiger partial charge in [-0.3, -0.25) is 9.78 Å². The summed E-state index contributed by atoms with van der Waals surface area (Å²) in [6, 6.07) is 14.1. The Morgan fingerprint density at radius 2 is 1.86 bits per heavy atom. The first-order valence-electron chi connectivity index (χ1n) is 7.82. The molecule has 1 aromatic carbocycles. The van der Waals surface area contributed by atoms with Crippen molar-refractivity contribution < 1.29 is 9.69 Å². The Morgan fingerprint density at radius 3 is 2.45 bits per heavy atom. The predicted octanol–water partition coefficient (Wildman–Crippen LogP) is 1.19. The van der Waals surface area contributed by atoms with Crippen LogP contribution in [0.5, 0.6) is 0 Å². The summed E-state index contributed by atoms with van der Waals surface area (Å²) in [6.45, 7) is 6.92. The molecule has 22 heavy (non-hydrogen) atoms. The number of nitrogens with zero attached hydrogens (tertiary/aromatic N) is 2. The van der Waals surface area contributed by atoms with Crippen molar-refractivity contribution in [3.63, 3.8) is 0 Å². The summed E-state index contributed by atoms with van der Waals surface area (Å²) in [5.41, 5.74) is 3.15. The fraction of sp³-hybridized carbons (Fsp3) is 0.333. The Hall–Kier alpha value is -2.20. The summed E-state index contributed by atoms with van der Waals surface area (Å²) in [5, 5.41) is 0. The summed E-state index contributed by atoms with van der Waals surface area (Å²) in [5.74, 6) is 0.121. The Bertz CT molecular complexity index is 617. The standard InChI is InChI=1S/C18H21N3O/c1-15(22)16-5-7-18(8-6-16)21-12-10-20(11-13-21)14-17-4-2-3-9-19-17/h2-9H,10-14H2,1H3/p+1. The van der Waals surface area contributed by atoms with E-state index >= 15 is 0 Å². The van der Waals surface area contributed by atoms with Crippen LogP contribution in [0, 0.1) is 0 Å². The summed E-state index contributed by atoms with van der Waals surface area (Å²) in [4.78, 5) is 19.7. The highest BCUT2D eigenvalue weighted by Crippen LogP contribution is 2.15. The van der Waals surface area contributed by atoms with Crippen LogP contribution in [0.2, 0.25) is 0 Å². The maximum absolute atomic E-state index is 11.3. The molecule has 0 amide bonds. The molecule has 0 saturated carbocycles. The first kappa shape index (κ1) is 14.7. The van der Waals surface area contributed by atoms with Crippen LogP contribution in [0.25, 0.3) is 0 Å². The van der Waals surface area contributed by atoms with Crippen molar-refractivity contribution in [3.05, 3.63) is 59.9 Å². The number of carbonyl (C=O) groups is 1. The number of piperazine rings is 1. The maximum Gasteiger partial charge on any atom is 0.159 e. The molecule has 114 valence electrons. The van der Waals surface area contributed by atoms with Gasteiger partial charge in [-0.05, 0) is 43.3 Å². The molecular weight excluding hydrogens is 274 g/mol. The van der Waals surface area contributed by atoms with Crippen LogP contribution in [0.15, 0.2) is 48.7 Å². The SMILES string of the molecule is CC(=O)c1ccc(N2CC[NH+](Cc3ccccn3)CC2)cc1. The molecule has 0 radical (unpaired) electrons. The molecule has 4 nitrogen and oxygen atoms in total. The number of nitrogens with one attached hydrogen (secondary N) is 1. The van der Waals surface area contributed by atoms with Crippen LogP contribution >= 0.6 is 0 Å². The number of benzene rings is 1. The third kappa shape index (κ3) is 3.52. The highest BCUT2D eigenvalue weighted by Gasteiger charge is 2.20. The number of ketones is 1. The van der Waals surface area contributed by atoms with Gasteiger partial charge in [0, 0.05) is 17.4 Å². The van der Waals surface area contributed by atoms with Gasteiger partial charge in [0.25, 0.3) is 0 Å². The lowest BCUT2D eigenvalue weighted by molar-refractivity contribution is -0.914. The van der Waals surface area contributed by atoms with Crippen LogP contribution in [0.1, 0.15) is 23.0 Å². The first-order valence-corrected chi connectivity index (χ1v) is 7.82. The minimum Gasteiger partial charge on any atom is -0.360 e. The minimum absolute atomic E-state index is 0.121. The third-order valence-corrected chi connectivity index (χ3v) is 4.27. The average molecular weight is 296 g/mol. The fourth-order valence-electron chi connectivity index (χ4n) is 2.92. The van der Waals surface area contributed by atoms with E-state index in [-0.39, 0.29) is 5.78 Å². The van der Waals surface area contributed by atoms with Crippen LogP contribution in [-0.4, -0.2) is 36.9 Å². The van der Waals surface area contributed by atoms with Crippen molar-refractivity contribution in [2.45, 2.75) is 13.5 Å². The molecule has 2 aromatic rings. The number of pyridine rings is 1. The quantitative estimate of drug-likeness (QED) is 0.861. The Balaban J connectivity index is 1.56. The molecule has 1 aromatic heterocycles. The zero-order chi connectivity index (χ0) is 15.4. The molecule has 4 heteroatoms. The molecule has 0 unspecified atom stereocenters. The van der Waals surface area contributed by atoms with Gasteiger partial charge >= 0.3 is 0 Å². The third-order valence-electron chi connectivity index (χ3n) is 4.27. The summed E-state index contributed by atoms with van der Waals surface area (Å²) in [7, 11) is 0. The predicted molar refractivity (Wildman–Crippen MR) is 87.3 cm³/mol. The molecule has 1 aliphatic rings. The second-order valence-electron chi connectivity index (χ2n) is 5.84. The number of rotatable bonds is 4.